The Morgan fingerprint density at radius 1 is 1.03 bits per heavy atom. The van der Waals surface area contributed by atoms with E-state index in [1.54, 1.807) is 17.8 Å². The average molecular weight is 461 g/mol. The van der Waals surface area contributed by atoms with Crippen LogP contribution in [0.25, 0.3) is 6.08 Å². The summed E-state index contributed by atoms with van der Waals surface area (Å²) in [6.45, 7) is 0. The summed E-state index contributed by atoms with van der Waals surface area (Å²) in [6, 6.07) is 19.8. The number of halogens is 1. The summed E-state index contributed by atoms with van der Waals surface area (Å²) in [7, 11) is 0. The first kappa shape index (κ1) is 21.6. The van der Waals surface area contributed by atoms with Crippen LogP contribution in [0.3, 0.4) is 0 Å². The predicted molar refractivity (Wildman–Crippen MR) is 124 cm³/mol. The maximum atomic E-state index is 11.9. The fourth-order valence-corrected chi connectivity index (χ4v) is 5.05. The third-order valence-electron chi connectivity index (χ3n) is 3.40. The Morgan fingerprint density at radius 2 is 1.69 bits per heavy atom. The van der Waals surface area contributed by atoms with Crippen molar-refractivity contribution in [2.75, 3.05) is 5.75 Å². The van der Waals surface area contributed by atoms with Crippen LogP contribution in [0.1, 0.15) is 11.1 Å². The van der Waals surface area contributed by atoms with Crippen molar-refractivity contribution in [3.63, 3.8) is 0 Å². The summed E-state index contributed by atoms with van der Waals surface area (Å²) >= 11 is 10.5. The smallest absolute Gasteiger partial charge is 0.250 e. The van der Waals surface area contributed by atoms with Crippen LogP contribution in [0.5, 0.6) is 0 Å². The number of hydrogen-bond acceptors (Lipinski definition) is 7. The molecule has 1 amide bonds. The number of amides is 1. The van der Waals surface area contributed by atoms with Gasteiger partial charge in [-0.15, -0.1) is 10.2 Å². The molecule has 0 aliphatic carbocycles. The first-order valence-corrected chi connectivity index (χ1v) is 11.7. The molecule has 0 aliphatic heterocycles. The van der Waals surface area contributed by atoms with E-state index in [-0.39, 0.29) is 11.7 Å². The molecule has 0 fully saturated rings. The lowest BCUT2D eigenvalue weighted by Gasteiger charge is -1.97. The SMILES string of the molecule is O=C(CSc1nnc(SCc2ccccc2)s1)N/N=C/C(Cl)=C/c1ccccc1. The number of carbonyl (C=O) groups is 1. The molecule has 9 heteroatoms. The van der Waals surface area contributed by atoms with Gasteiger partial charge in [0.2, 0.25) is 0 Å². The van der Waals surface area contributed by atoms with Crippen molar-refractivity contribution in [2.24, 2.45) is 5.10 Å². The van der Waals surface area contributed by atoms with Gasteiger partial charge in [0.1, 0.15) is 0 Å². The standard InChI is InChI=1S/C20H17ClN4OS3/c21-17(11-15-7-3-1-4-8-15)12-22-23-18(26)14-28-20-25-24-19(29-20)27-13-16-9-5-2-6-10-16/h1-12H,13-14H2,(H,23,26)/b17-11-,22-12+. The molecule has 3 aromatic rings. The molecule has 1 aromatic heterocycles. The molecular formula is C20H17ClN4OS3. The Balaban J connectivity index is 1.39. The minimum atomic E-state index is -0.232. The zero-order chi connectivity index (χ0) is 20.3. The summed E-state index contributed by atoms with van der Waals surface area (Å²) in [5.41, 5.74) is 4.66. The summed E-state index contributed by atoms with van der Waals surface area (Å²) in [4.78, 5) is 11.9. The van der Waals surface area contributed by atoms with E-state index in [2.05, 4.69) is 32.9 Å². The highest BCUT2D eigenvalue weighted by molar-refractivity contribution is 8.03. The lowest BCUT2D eigenvalue weighted by atomic mass is 10.2. The molecule has 5 nitrogen and oxygen atoms in total. The van der Waals surface area contributed by atoms with E-state index < -0.39 is 0 Å². The minimum absolute atomic E-state index is 0.204. The minimum Gasteiger partial charge on any atom is -0.272 e. The number of benzene rings is 2. The molecule has 0 radical (unpaired) electrons. The summed E-state index contributed by atoms with van der Waals surface area (Å²) in [5, 5.41) is 12.6. The van der Waals surface area contributed by atoms with Gasteiger partial charge in [0, 0.05) is 5.75 Å². The van der Waals surface area contributed by atoms with Crippen molar-refractivity contribution >= 4 is 64.7 Å². The number of nitrogens with zero attached hydrogens (tertiary/aromatic N) is 3. The molecule has 0 bridgehead atoms. The van der Waals surface area contributed by atoms with E-state index in [1.165, 1.54) is 34.9 Å². The van der Waals surface area contributed by atoms with Crippen molar-refractivity contribution in [1.29, 1.82) is 0 Å². The monoisotopic (exact) mass is 460 g/mol. The molecular weight excluding hydrogens is 444 g/mol. The Kier molecular flexibility index (Phi) is 8.76. The van der Waals surface area contributed by atoms with E-state index in [1.807, 2.05) is 48.5 Å². The average Bonchev–Trinajstić information content (AvgIpc) is 3.20. The highest BCUT2D eigenvalue weighted by atomic mass is 35.5. The number of rotatable bonds is 9. The van der Waals surface area contributed by atoms with Crippen molar-refractivity contribution in [2.45, 2.75) is 14.4 Å². The Labute approximate surface area is 186 Å². The maximum absolute atomic E-state index is 11.9. The van der Waals surface area contributed by atoms with Crippen LogP contribution < -0.4 is 5.43 Å². The Hall–Kier alpha value is -2.13. The van der Waals surface area contributed by atoms with E-state index >= 15 is 0 Å². The van der Waals surface area contributed by atoms with Gasteiger partial charge in [-0.2, -0.15) is 5.10 Å². The molecule has 0 saturated carbocycles. The number of hydrogen-bond donors (Lipinski definition) is 1. The van der Waals surface area contributed by atoms with Crippen LogP contribution >= 0.6 is 46.5 Å². The Morgan fingerprint density at radius 3 is 2.41 bits per heavy atom. The number of allylic oxidation sites excluding steroid dienone is 1. The van der Waals surface area contributed by atoms with Gasteiger partial charge < -0.3 is 0 Å². The molecule has 0 spiro atoms. The number of hydrazone groups is 1. The molecule has 1 N–H and O–H groups in total. The number of aromatic nitrogens is 2. The van der Waals surface area contributed by atoms with E-state index in [9.17, 15) is 4.79 Å². The third-order valence-corrected chi connectivity index (χ3v) is 6.87. The van der Waals surface area contributed by atoms with E-state index in [0.29, 0.717) is 5.03 Å². The first-order chi connectivity index (χ1) is 14.2. The second kappa shape index (κ2) is 11.8. The van der Waals surface area contributed by atoms with Crippen LogP contribution in [0.2, 0.25) is 0 Å². The van der Waals surface area contributed by atoms with Gasteiger partial charge in [0.05, 0.1) is 17.0 Å². The van der Waals surface area contributed by atoms with Crippen molar-refractivity contribution in [3.05, 3.63) is 76.8 Å². The second-order valence-electron chi connectivity index (χ2n) is 5.63. The van der Waals surface area contributed by atoms with Gasteiger partial charge in [-0.05, 0) is 17.2 Å². The quantitative estimate of drug-likeness (QED) is 0.266. The highest BCUT2D eigenvalue weighted by Gasteiger charge is 2.08. The molecule has 2 aromatic carbocycles. The second-order valence-corrected chi connectivity index (χ2v) is 9.49. The van der Waals surface area contributed by atoms with Crippen LogP contribution in [0.4, 0.5) is 0 Å². The summed E-state index contributed by atoms with van der Waals surface area (Å²) < 4.78 is 1.63. The highest BCUT2D eigenvalue weighted by Crippen LogP contribution is 2.30. The lowest BCUT2D eigenvalue weighted by molar-refractivity contribution is -0.118. The van der Waals surface area contributed by atoms with Gasteiger partial charge in [0.15, 0.2) is 8.68 Å². The molecule has 3 rings (SSSR count). The van der Waals surface area contributed by atoms with E-state index in [4.69, 9.17) is 11.6 Å². The van der Waals surface area contributed by atoms with Crippen LogP contribution in [-0.4, -0.2) is 28.1 Å². The van der Waals surface area contributed by atoms with Gasteiger partial charge in [-0.3, -0.25) is 4.79 Å². The van der Waals surface area contributed by atoms with Crippen molar-refractivity contribution < 1.29 is 4.79 Å². The fourth-order valence-electron chi connectivity index (χ4n) is 2.10. The molecule has 148 valence electrons. The fraction of sp³-hybridized carbons (Fsp3) is 0.100. The number of carbonyl (C=O) groups excluding carboxylic acids is 1. The van der Waals surface area contributed by atoms with E-state index in [0.717, 1.165) is 20.0 Å². The third kappa shape index (κ3) is 8.02. The van der Waals surface area contributed by atoms with Crippen molar-refractivity contribution in [3.8, 4) is 0 Å². The van der Waals surface area contributed by atoms with Gasteiger partial charge in [0.25, 0.3) is 5.91 Å². The maximum Gasteiger partial charge on any atom is 0.250 e. The van der Waals surface area contributed by atoms with Gasteiger partial charge in [-0.25, -0.2) is 5.43 Å². The number of thioether (sulfide) groups is 2. The normalized spacial score (nSPS) is 11.7. The lowest BCUT2D eigenvalue weighted by Crippen LogP contribution is -2.19. The summed E-state index contributed by atoms with van der Waals surface area (Å²) in [6.07, 6.45) is 3.17. The van der Waals surface area contributed by atoms with Crippen LogP contribution in [0, 0.1) is 0 Å². The van der Waals surface area contributed by atoms with Gasteiger partial charge in [-0.1, -0.05) is 107 Å². The molecule has 0 saturated heterocycles. The largest absolute Gasteiger partial charge is 0.272 e. The molecule has 0 atom stereocenters. The van der Waals surface area contributed by atoms with Crippen LogP contribution in [0.15, 0.2) is 79.5 Å². The summed E-state index contributed by atoms with van der Waals surface area (Å²) in [5.74, 6) is 0.811. The van der Waals surface area contributed by atoms with Gasteiger partial charge >= 0.3 is 0 Å². The molecule has 29 heavy (non-hydrogen) atoms. The number of nitrogens with one attached hydrogen (secondary N) is 1. The topological polar surface area (TPSA) is 67.2 Å². The van der Waals surface area contributed by atoms with Crippen molar-refractivity contribution in [1.82, 2.24) is 15.6 Å². The van der Waals surface area contributed by atoms with Crippen LogP contribution in [-0.2, 0) is 10.5 Å². The Bertz CT molecular complexity index is 978. The molecule has 0 aliphatic rings. The zero-order valence-electron chi connectivity index (χ0n) is 15.2. The first-order valence-electron chi connectivity index (χ1n) is 8.56. The molecule has 0 unspecified atom stereocenters. The zero-order valence-corrected chi connectivity index (χ0v) is 18.4. The molecule has 1 heterocycles. The predicted octanol–water partition coefficient (Wildman–Crippen LogP) is 5.30.